The Balaban J connectivity index is 1.92. The molecular formula is C12H19N3O3S. The van der Waals surface area contributed by atoms with Gasteiger partial charge in [-0.2, -0.15) is 0 Å². The minimum Gasteiger partial charge on any atom is -0.481 e. The van der Waals surface area contributed by atoms with Crippen LogP contribution in [0.5, 0.6) is 0 Å². The zero-order valence-electron chi connectivity index (χ0n) is 10.7. The Labute approximate surface area is 116 Å². The van der Waals surface area contributed by atoms with Crippen molar-refractivity contribution >= 4 is 23.3 Å². The zero-order chi connectivity index (χ0) is 13.9. The summed E-state index contributed by atoms with van der Waals surface area (Å²) in [4.78, 5) is 25.8. The number of unbranched alkanes of at least 4 members (excludes halogenated alkanes) is 2. The highest BCUT2D eigenvalue weighted by Crippen LogP contribution is 2.00. The third kappa shape index (κ3) is 8.15. The quantitative estimate of drug-likeness (QED) is 0.601. The second-order valence-corrected chi connectivity index (χ2v) is 4.84. The van der Waals surface area contributed by atoms with Gasteiger partial charge in [0.15, 0.2) is 0 Å². The molecule has 106 valence electrons. The van der Waals surface area contributed by atoms with Crippen molar-refractivity contribution in [2.75, 3.05) is 13.1 Å². The molecule has 0 fully saturated rings. The van der Waals surface area contributed by atoms with Gasteiger partial charge >= 0.3 is 12.0 Å². The van der Waals surface area contributed by atoms with Crippen molar-refractivity contribution in [1.82, 2.24) is 15.6 Å². The summed E-state index contributed by atoms with van der Waals surface area (Å²) in [6.07, 6.45) is 3.19. The van der Waals surface area contributed by atoms with Gasteiger partial charge in [0.2, 0.25) is 0 Å². The molecule has 6 nitrogen and oxygen atoms in total. The van der Waals surface area contributed by atoms with Crippen LogP contribution in [0.1, 0.15) is 31.4 Å². The average molecular weight is 285 g/mol. The highest BCUT2D eigenvalue weighted by atomic mass is 32.1. The maximum Gasteiger partial charge on any atom is 0.314 e. The molecule has 3 N–H and O–H groups in total. The van der Waals surface area contributed by atoms with Crippen molar-refractivity contribution in [2.24, 2.45) is 0 Å². The molecule has 7 heteroatoms. The van der Waals surface area contributed by atoms with Crippen molar-refractivity contribution in [3.63, 3.8) is 0 Å². The third-order valence-electron chi connectivity index (χ3n) is 2.50. The minimum atomic E-state index is -0.771. The van der Waals surface area contributed by atoms with E-state index in [2.05, 4.69) is 15.6 Å². The van der Waals surface area contributed by atoms with E-state index in [4.69, 9.17) is 5.11 Å². The first-order valence-electron chi connectivity index (χ1n) is 6.29. The SMILES string of the molecule is O=C(O)CCCCCNC(=O)NCCc1cscn1. The molecule has 19 heavy (non-hydrogen) atoms. The van der Waals surface area contributed by atoms with Crippen LogP contribution in [0.25, 0.3) is 0 Å². The van der Waals surface area contributed by atoms with Gasteiger partial charge in [0.25, 0.3) is 0 Å². The summed E-state index contributed by atoms with van der Waals surface area (Å²) in [5.41, 5.74) is 2.76. The lowest BCUT2D eigenvalue weighted by Crippen LogP contribution is -2.37. The Bertz CT molecular complexity index is 382. The molecule has 0 unspecified atom stereocenters. The fraction of sp³-hybridized carbons (Fsp3) is 0.583. The van der Waals surface area contributed by atoms with E-state index in [1.807, 2.05) is 5.38 Å². The molecule has 0 saturated heterocycles. The van der Waals surface area contributed by atoms with E-state index in [-0.39, 0.29) is 12.5 Å². The number of aromatic nitrogens is 1. The Hall–Kier alpha value is -1.63. The van der Waals surface area contributed by atoms with Crippen LogP contribution >= 0.6 is 11.3 Å². The molecule has 0 bridgehead atoms. The number of carbonyl (C=O) groups excluding carboxylic acids is 1. The van der Waals surface area contributed by atoms with Crippen molar-refractivity contribution < 1.29 is 14.7 Å². The second-order valence-electron chi connectivity index (χ2n) is 4.12. The van der Waals surface area contributed by atoms with Gasteiger partial charge in [0.05, 0.1) is 11.2 Å². The minimum absolute atomic E-state index is 0.187. The van der Waals surface area contributed by atoms with E-state index in [9.17, 15) is 9.59 Å². The van der Waals surface area contributed by atoms with Crippen LogP contribution in [-0.2, 0) is 11.2 Å². The Morgan fingerprint density at radius 3 is 2.68 bits per heavy atom. The van der Waals surface area contributed by atoms with E-state index >= 15 is 0 Å². The van der Waals surface area contributed by atoms with Crippen LogP contribution in [-0.4, -0.2) is 35.2 Å². The molecular weight excluding hydrogens is 266 g/mol. The van der Waals surface area contributed by atoms with Gasteiger partial charge in [0.1, 0.15) is 0 Å². The van der Waals surface area contributed by atoms with E-state index < -0.39 is 5.97 Å². The lowest BCUT2D eigenvalue weighted by atomic mass is 10.2. The van der Waals surface area contributed by atoms with Crippen LogP contribution < -0.4 is 10.6 Å². The fourth-order valence-corrected chi connectivity index (χ4v) is 2.10. The first-order chi connectivity index (χ1) is 9.18. The molecule has 0 spiro atoms. The van der Waals surface area contributed by atoms with E-state index in [0.717, 1.165) is 25.0 Å². The van der Waals surface area contributed by atoms with Gasteiger partial charge in [-0.05, 0) is 12.8 Å². The summed E-state index contributed by atoms with van der Waals surface area (Å²) in [5.74, 6) is -0.771. The number of carboxylic acids is 1. The number of hydrogen-bond donors (Lipinski definition) is 3. The van der Waals surface area contributed by atoms with Gasteiger partial charge in [-0.3, -0.25) is 4.79 Å². The summed E-state index contributed by atoms with van der Waals surface area (Å²) in [6, 6.07) is -0.187. The summed E-state index contributed by atoms with van der Waals surface area (Å²) in [5, 5.41) is 15.9. The van der Waals surface area contributed by atoms with Crippen molar-refractivity contribution in [2.45, 2.75) is 32.1 Å². The van der Waals surface area contributed by atoms with Crippen LogP contribution in [0, 0.1) is 0 Å². The largest absolute Gasteiger partial charge is 0.481 e. The number of carbonyl (C=O) groups is 2. The number of thiazole rings is 1. The second kappa shape index (κ2) is 9.32. The van der Waals surface area contributed by atoms with E-state index in [0.29, 0.717) is 19.5 Å². The van der Waals surface area contributed by atoms with Gasteiger partial charge in [-0.1, -0.05) is 6.42 Å². The van der Waals surface area contributed by atoms with Crippen LogP contribution in [0.2, 0.25) is 0 Å². The first-order valence-corrected chi connectivity index (χ1v) is 7.23. The number of rotatable bonds is 9. The lowest BCUT2D eigenvalue weighted by molar-refractivity contribution is -0.137. The van der Waals surface area contributed by atoms with E-state index in [1.54, 1.807) is 16.8 Å². The number of nitrogens with zero attached hydrogens (tertiary/aromatic N) is 1. The maximum absolute atomic E-state index is 11.4. The lowest BCUT2D eigenvalue weighted by Gasteiger charge is -2.06. The van der Waals surface area contributed by atoms with Crippen LogP contribution in [0.15, 0.2) is 10.9 Å². The molecule has 1 rings (SSSR count). The maximum atomic E-state index is 11.4. The predicted molar refractivity (Wildman–Crippen MR) is 73.3 cm³/mol. The number of hydrogen-bond acceptors (Lipinski definition) is 4. The average Bonchev–Trinajstić information content (AvgIpc) is 2.86. The number of carboxylic acid groups (broad SMARTS) is 1. The Morgan fingerprint density at radius 1 is 1.21 bits per heavy atom. The number of nitrogens with one attached hydrogen (secondary N) is 2. The first kappa shape index (κ1) is 15.4. The van der Waals surface area contributed by atoms with Gasteiger partial charge in [0, 0.05) is 31.3 Å². The summed E-state index contributed by atoms with van der Waals surface area (Å²) >= 11 is 1.54. The molecule has 0 aliphatic carbocycles. The molecule has 1 aromatic heterocycles. The molecule has 0 aliphatic heterocycles. The monoisotopic (exact) mass is 285 g/mol. The van der Waals surface area contributed by atoms with Gasteiger partial charge in [-0.15, -0.1) is 11.3 Å². The van der Waals surface area contributed by atoms with E-state index in [1.165, 1.54) is 0 Å². The van der Waals surface area contributed by atoms with Crippen molar-refractivity contribution in [3.8, 4) is 0 Å². The van der Waals surface area contributed by atoms with Gasteiger partial charge in [-0.25, -0.2) is 9.78 Å². The van der Waals surface area contributed by atoms with Crippen molar-refractivity contribution in [3.05, 3.63) is 16.6 Å². The zero-order valence-corrected chi connectivity index (χ0v) is 11.5. The summed E-state index contributed by atoms with van der Waals surface area (Å²) in [6.45, 7) is 1.14. The van der Waals surface area contributed by atoms with Crippen LogP contribution in [0.3, 0.4) is 0 Å². The molecule has 0 aliphatic rings. The molecule has 0 aromatic carbocycles. The normalized spacial score (nSPS) is 10.1. The molecule has 0 saturated carbocycles. The van der Waals surface area contributed by atoms with Gasteiger partial charge < -0.3 is 15.7 Å². The molecule has 0 atom stereocenters. The van der Waals surface area contributed by atoms with Crippen molar-refractivity contribution in [1.29, 1.82) is 0 Å². The van der Waals surface area contributed by atoms with Crippen LogP contribution in [0.4, 0.5) is 4.79 Å². The molecule has 1 heterocycles. The fourth-order valence-electron chi connectivity index (χ4n) is 1.51. The predicted octanol–water partition coefficient (Wildman–Crippen LogP) is 1.63. The number of aliphatic carboxylic acids is 1. The molecule has 1 aromatic rings. The summed E-state index contributed by atoms with van der Waals surface area (Å²) in [7, 11) is 0. The standard InChI is InChI=1S/C12H19N3O3S/c16-11(17)4-2-1-3-6-13-12(18)14-7-5-10-8-19-9-15-10/h8-9H,1-7H2,(H,16,17)(H2,13,14,18). The highest BCUT2D eigenvalue weighted by molar-refractivity contribution is 7.07. The third-order valence-corrected chi connectivity index (χ3v) is 3.14. The topological polar surface area (TPSA) is 91.3 Å². The molecule has 2 amide bonds. The number of urea groups is 1. The Kier molecular flexibility index (Phi) is 7.57. The Morgan fingerprint density at radius 2 is 2.00 bits per heavy atom. The number of amides is 2. The summed E-state index contributed by atoms with van der Waals surface area (Å²) < 4.78 is 0. The smallest absolute Gasteiger partial charge is 0.314 e. The molecule has 0 radical (unpaired) electrons. The highest BCUT2D eigenvalue weighted by Gasteiger charge is 2.01.